The SMILES string of the molecule is CC(C)(C)OC(=O)N1CC(c2cnc3n2CCC3)=CC(N)C1. The minimum absolute atomic E-state index is 0.177. The van der Waals surface area contributed by atoms with E-state index in [-0.39, 0.29) is 12.1 Å². The maximum atomic E-state index is 12.3. The van der Waals surface area contributed by atoms with E-state index < -0.39 is 5.60 Å². The largest absolute Gasteiger partial charge is 0.444 e. The van der Waals surface area contributed by atoms with Gasteiger partial charge in [0.2, 0.25) is 0 Å². The van der Waals surface area contributed by atoms with Crippen molar-refractivity contribution in [3.63, 3.8) is 0 Å². The van der Waals surface area contributed by atoms with Crippen LogP contribution < -0.4 is 5.73 Å². The maximum Gasteiger partial charge on any atom is 0.410 e. The molecule has 0 bridgehead atoms. The third-order valence-corrected chi connectivity index (χ3v) is 3.91. The minimum Gasteiger partial charge on any atom is -0.444 e. The lowest BCUT2D eigenvalue weighted by Crippen LogP contribution is -2.46. The van der Waals surface area contributed by atoms with Gasteiger partial charge in [-0.1, -0.05) is 6.08 Å². The van der Waals surface area contributed by atoms with Gasteiger partial charge in [0, 0.05) is 25.6 Å². The van der Waals surface area contributed by atoms with Gasteiger partial charge in [0.15, 0.2) is 0 Å². The van der Waals surface area contributed by atoms with Crippen LogP contribution in [0.3, 0.4) is 0 Å². The molecule has 2 aliphatic rings. The van der Waals surface area contributed by atoms with Crippen LogP contribution >= 0.6 is 0 Å². The van der Waals surface area contributed by atoms with E-state index in [1.54, 1.807) is 4.90 Å². The van der Waals surface area contributed by atoms with Crippen molar-refractivity contribution < 1.29 is 9.53 Å². The van der Waals surface area contributed by atoms with Crippen LogP contribution in [0.15, 0.2) is 12.3 Å². The highest BCUT2D eigenvalue weighted by Crippen LogP contribution is 2.26. The number of carbonyl (C=O) groups excluding carboxylic acids is 1. The van der Waals surface area contributed by atoms with Crippen LogP contribution in [0.1, 0.15) is 38.7 Å². The van der Waals surface area contributed by atoms with Crippen LogP contribution in [0, 0.1) is 0 Å². The van der Waals surface area contributed by atoms with Crippen molar-refractivity contribution in [1.29, 1.82) is 0 Å². The summed E-state index contributed by atoms with van der Waals surface area (Å²) < 4.78 is 7.70. The van der Waals surface area contributed by atoms with Crippen molar-refractivity contribution in [3.05, 3.63) is 23.8 Å². The van der Waals surface area contributed by atoms with E-state index in [1.165, 1.54) is 0 Å². The molecule has 0 aromatic carbocycles. The molecule has 1 amide bonds. The standard InChI is InChI=1S/C16H24N4O2/c1-16(2,3)22-15(21)19-9-11(7-12(17)10-19)13-8-18-14-5-4-6-20(13)14/h7-8,12H,4-6,9-10,17H2,1-3H3. The fraction of sp³-hybridized carbons (Fsp3) is 0.625. The van der Waals surface area contributed by atoms with Crippen molar-refractivity contribution >= 4 is 11.7 Å². The second kappa shape index (κ2) is 5.43. The topological polar surface area (TPSA) is 73.4 Å². The van der Waals surface area contributed by atoms with Gasteiger partial charge < -0.3 is 19.9 Å². The zero-order chi connectivity index (χ0) is 15.9. The summed E-state index contributed by atoms with van der Waals surface area (Å²) in [5.41, 5.74) is 7.75. The molecule has 6 nitrogen and oxygen atoms in total. The lowest BCUT2D eigenvalue weighted by atomic mass is 10.0. The Kier molecular flexibility index (Phi) is 3.72. The molecule has 1 aromatic rings. The Bertz CT molecular complexity index is 612. The molecule has 1 atom stereocenters. The van der Waals surface area contributed by atoms with E-state index in [9.17, 15) is 4.79 Å². The molecule has 3 heterocycles. The number of nitrogens with zero attached hydrogens (tertiary/aromatic N) is 3. The van der Waals surface area contributed by atoms with Crippen molar-refractivity contribution in [3.8, 4) is 0 Å². The number of carbonyl (C=O) groups is 1. The van der Waals surface area contributed by atoms with Gasteiger partial charge >= 0.3 is 6.09 Å². The molecule has 1 aromatic heterocycles. The number of nitrogens with two attached hydrogens (primary N) is 1. The molecule has 0 spiro atoms. The van der Waals surface area contributed by atoms with Crippen molar-refractivity contribution in [2.75, 3.05) is 13.1 Å². The number of ether oxygens (including phenoxy) is 1. The Hall–Kier alpha value is -1.82. The molecule has 2 aliphatic heterocycles. The van der Waals surface area contributed by atoms with Crippen LogP contribution in [0.25, 0.3) is 5.57 Å². The van der Waals surface area contributed by atoms with Gasteiger partial charge in [-0.3, -0.25) is 0 Å². The highest BCUT2D eigenvalue weighted by atomic mass is 16.6. The summed E-state index contributed by atoms with van der Waals surface area (Å²) in [7, 11) is 0. The number of aryl methyl sites for hydroxylation is 1. The number of aromatic nitrogens is 2. The Balaban J connectivity index is 1.80. The second-order valence-electron chi connectivity index (χ2n) is 7.03. The zero-order valence-electron chi connectivity index (χ0n) is 13.5. The summed E-state index contributed by atoms with van der Waals surface area (Å²) in [4.78, 5) is 18.5. The monoisotopic (exact) mass is 304 g/mol. The third-order valence-electron chi connectivity index (χ3n) is 3.91. The number of rotatable bonds is 1. The molecule has 120 valence electrons. The van der Waals surface area contributed by atoms with Crippen LogP contribution in [-0.2, 0) is 17.7 Å². The first-order chi connectivity index (χ1) is 10.3. The molecule has 1 unspecified atom stereocenters. The molecule has 3 rings (SSSR count). The summed E-state index contributed by atoms with van der Waals surface area (Å²) in [5, 5.41) is 0. The van der Waals surface area contributed by atoms with Gasteiger partial charge in [-0.25, -0.2) is 9.78 Å². The smallest absolute Gasteiger partial charge is 0.410 e. The fourth-order valence-corrected chi connectivity index (χ4v) is 3.04. The van der Waals surface area contributed by atoms with E-state index >= 15 is 0 Å². The maximum absolute atomic E-state index is 12.3. The number of hydrogen-bond acceptors (Lipinski definition) is 4. The van der Waals surface area contributed by atoms with E-state index in [0.717, 1.165) is 36.5 Å². The summed E-state index contributed by atoms with van der Waals surface area (Å²) >= 11 is 0. The van der Waals surface area contributed by atoms with E-state index in [1.807, 2.05) is 33.0 Å². The Morgan fingerprint density at radius 2 is 2.23 bits per heavy atom. The summed E-state index contributed by atoms with van der Waals surface area (Å²) in [6, 6.07) is -0.177. The molecule has 0 saturated heterocycles. The van der Waals surface area contributed by atoms with Gasteiger partial charge in [0.1, 0.15) is 11.4 Å². The van der Waals surface area contributed by atoms with E-state index in [0.29, 0.717) is 13.1 Å². The molecule has 0 aliphatic carbocycles. The molecular formula is C16H24N4O2. The number of amides is 1. The average Bonchev–Trinajstić information content (AvgIpc) is 2.97. The van der Waals surface area contributed by atoms with Crippen molar-refractivity contribution in [2.45, 2.75) is 51.8 Å². The van der Waals surface area contributed by atoms with Crippen LogP contribution in [-0.4, -0.2) is 45.3 Å². The molecular weight excluding hydrogens is 280 g/mol. The number of imidazole rings is 1. The quantitative estimate of drug-likeness (QED) is 0.858. The predicted molar refractivity (Wildman–Crippen MR) is 84.3 cm³/mol. The van der Waals surface area contributed by atoms with E-state index in [2.05, 4.69) is 9.55 Å². The highest BCUT2D eigenvalue weighted by molar-refractivity contribution is 5.75. The van der Waals surface area contributed by atoms with Gasteiger partial charge in [-0.2, -0.15) is 0 Å². The highest BCUT2D eigenvalue weighted by Gasteiger charge is 2.29. The molecule has 22 heavy (non-hydrogen) atoms. The predicted octanol–water partition coefficient (Wildman–Crippen LogP) is 1.79. The van der Waals surface area contributed by atoms with Crippen LogP contribution in [0.2, 0.25) is 0 Å². The van der Waals surface area contributed by atoms with Crippen LogP contribution in [0.4, 0.5) is 4.79 Å². The average molecular weight is 304 g/mol. The lowest BCUT2D eigenvalue weighted by molar-refractivity contribution is 0.0265. The first kappa shape index (κ1) is 15.1. The zero-order valence-corrected chi connectivity index (χ0v) is 13.5. The minimum atomic E-state index is -0.500. The third kappa shape index (κ3) is 3.02. The fourth-order valence-electron chi connectivity index (χ4n) is 3.04. The lowest BCUT2D eigenvalue weighted by Gasteiger charge is -2.32. The first-order valence-corrected chi connectivity index (χ1v) is 7.82. The summed E-state index contributed by atoms with van der Waals surface area (Å²) in [6.45, 7) is 7.61. The Labute approximate surface area is 130 Å². The van der Waals surface area contributed by atoms with Crippen molar-refractivity contribution in [2.24, 2.45) is 5.73 Å². The summed E-state index contributed by atoms with van der Waals surface area (Å²) in [6.07, 6.45) is 5.78. The van der Waals surface area contributed by atoms with E-state index in [4.69, 9.17) is 10.5 Å². The van der Waals surface area contributed by atoms with Gasteiger partial charge in [-0.05, 0) is 32.8 Å². The van der Waals surface area contributed by atoms with Crippen LogP contribution in [0.5, 0.6) is 0 Å². The molecule has 0 radical (unpaired) electrons. The molecule has 0 saturated carbocycles. The number of hydrogen-bond donors (Lipinski definition) is 1. The molecule has 2 N–H and O–H groups in total. The molecule has 0 fully saturated rings. The van der Waals surface area contributed by atoms with Crippen molar-refractivity contribution in [1.82, 2.24) is 14.5 Å². The summed E-state index contributed by atoms with van der Waals surface area (Å²) in [5.74, 6) is 1.12. The Morgan fingerprint density at radius 3 is 2.95 bits per heavy atom. The van der Waals surface area contributed by atoms with Gasteiger partial charge in [0.25, 0.3) is 0 Å². The number of fused-ring (bicyclic) bond motifs is 1. The first-order valence-electron chi connectivity index (χ1n) is 7.82. The van der Waals surface area contributed by atoms with Gasteiger partial charge in [-0.15, -0.1) is 0 Å². The molecule has 6 heteroatoms. The normalized spacial score (nSPS) is 21.5. The second-order valence-corrected chi connectivity index (χ2v) is 7.03. The Morgan fingerprint density at radius 1 is 1.45 bits per heavy atom. The van der Waals surface area contributed by atoms with Gasteiger partial charge in [0.05, 0.1) is 18.4 Å².